The van der Waals surface area contributed by atoms with Crippen LogP contribution in [0.4, 0.5) is 0 Å². The standard InChI is InChI=1S/C15H17NO2/c1-17-14-5-4-11-8-13(3-2-12(11)9-14)15-10-18-7-6-16-15/h2-5,8-9,15-16H,6-7,10H2,1H3. The molecule has 0 spiro atoms. The first-order chi connectivity index (χ1) is 8.86. The first-order valence-corrected chi connectivity index (χ1v) is 6.25. The minimum atomic E-state index is 0.310. The second kappa shape index (κ2) is 4.96. The Bertz CT molecular complexity index is 547. The van der Waals surface area contributed by atoms with Crippen molar-refractivity contribution in [3.05, 3.63) is 42.0 Å². The zero-order valence-electron chi connectivity index (χ0n) is 10.5. The van der Waals surface area contributed by atoms with Crippen LogP contribution < -0.4 is 10.1 Å². The van der Waals surface area contributed by atoms with Crippen LogP contribution in [0.5, 0.6) is 5.75 Å². The molecule has 0 aromatic heterocycles. The smallest absolute Gasteiger partial charge is 0.119 e. The Morgan fingerprint density at radius 3 is 2.78 bits per heavy atom. The highest BCUT2D eigenvalue weighted by Crippen LogP contribution is 2.25. The summed E-state index contributed by atoms with van der Waals surface area (Å²) in [4.78, 5) is 0. The Morgan fingerprint density at radius 2 is 2.00 bits per heavy atom. The van der Waals surface area contributed by atoms with Crippen LogP contribution in [-0.4, -0.2) is 26.9 Å². The Hall–Kier alpha value is -1.58. The fourth-order valence-corrected chi connectivity index (χ4v) is 2.37. The molecule has 3 heteroatoms. The average Bonchev–Trinajstić information content (AvgIpc) is 2.47. The number of hydrogen-bond donors (Lipinski definition) is 1. The Balaban J connectivity index is 1.95. The van der Waals surface area contributed by atoms with Crippen LogP contribution in [0, 0.1) is 0 Å². The molecule has 1 atom stereocenters. The van der Waals surface area contributed by atoms with Crippen molar-refractivity contribution in [2.45, 2.75) is 6.04 Å². The van der Waals surface area contributed by atoms with E-state index in [4.69, 9.17) is 9.47 Å². The molecule has 1 aliphatic rings. The molecule has 2 aromatic rings. The van der Waals surface area contributed by atoms with E-state index in [2.05, 4.69) is 35.6 Å². The lowest BCUT2D eigenvalue weighted by molar-refractivity contribution is 0.0769. The molecule has 0 aliphatic carbocycles. The molecule has 3 nitrogen and oxygen atoms in total. The highest BCUT2D eigenvalue weighted by atomic mass is 16.5. The van der Waals surface area contributed by atoms with Crippen LogP contribution >= 0.6 is 0 Å². The molecule has 1 unspecified atom stereocenters. The molecule has 1 aliphatic heterocycles. The Labute approximate surface area is 107 Å². The lowest BCUT2D eigenvalue weighted by atomic mass is 10.0. The summed E-state index contributed by atoms with van der Waals surface area (Å²) < 4.78 is 10.7. The Morgan fingerprint density at radius 1 is 1.17 bits per heavy atom. The van der Waals surface area contributed by atoms with Gasteiger partial charge in [-0.05, 0) is 34.5 Å². The minimum Gasteiger partial charge on any atom is -0.497 e. The molecule has 18 heavy (non-hydrogen) atoms. The predicted octanol–water partition coefficient (Wildman–Crippen LogP) is 2.51. The zero-order valence-corrected chi connectivity index (χ0v) is 10.5. The molecular weight excluding hydrogens is 226 g/mol. The van der Waals surface area contributed by atoms with Gasteiger partial charge in [0.25, 0.3) is 0 Å². The number of methoxy groups -OCH3 is 1. The lowest BCUT2D eigenvalue weighted by Crippen LogP contribution is -2.34. The Kier molecular flexibility index (Phi) is 3.17. The van der Waals surface area contributed by atoms with Crippen molar-refractivity contribution in [3.63, 3.8) is 0 Å². The molecule has 0 amide bonds. The van der Waals surface area contributed by atoms with Gasteiger partial charge in [0.05, 0.1) is 26.4 Å². The predicted molar refractivity (Wildman–Crippen MR) is 72.1 cm³/mol. The van der Waals surface area contributed by atoms with Crippen LogP contribution in [0.2, 0.25) is 0 Å². The van der Waals surface area contributed by atoms with E-state index in [1.807, 2.05) is 6.07 Å². The summed E-state index contributed by atoms with van der Waals surface area (Å²) in [6.07, 6.45) is 0. The summed E-state index contributed by atoms with van der Waals surface area (Å²) >= 11 is 0. The van der Waals surface area contributed by atoms with Crippen molar-refractivity contribution in [3.8, 4) is 5.75 Å². The largest absolute Gasteiger partial charge is 0.497 e. The molecule has 0 radical (unpaired) electrons. The molecule has 1 N–H and O–H groups in total. The quantitative estimate of drug-likeness (QED) is 0.879. The third-order valence-electron chi connectivity index (χ3n) is 3.40. The van der Waals surface area contributed by atoms with E-state index < -0.39 is 0 Å². The van der Waals surface area contributed by atoms with Gasteiger partial charge >= 0.3 is 0 Å². The number of rotatable bonds is 2. The van der Waals surface area contributed by atoms with Crippen molar-refractivity contribution in [2.75, 3.05) is 26.9 Å². The monoisotopic (exact) mass is 243 g/mol. The fraction of sp³-hybridized carbons (Fsp3) is 0.333. The van der Waals surface area contributed by atoms with Crippen molar-refractivity contribution in [1.82, 2.24) is 5.32 Å². The summed E-state index contributed by atoms with van der Waals surface area (Å²) in [5.41, 5.74) is 1.28. The normalized spacial score (nSPS) is 19.9. The van der Waals surface area contributed by atoms with Crippen LogP contribution in [0.1, 0.15) is 11.6 Å². The van der Waals surface area contributed by atoms with Crippen LogP contribution in [0.25, 0.3) is 10.8 Å². The topological polar surface area (TPSA) is 30.5 Å². The fourth-order valence-electron chi connectivity index (χ4n) is 2.37. The van der Waals surface area contributed by atoms with Crippen molar-refractivity contribution in [2.24, 2.45) is 0 Å². The van der Waals surface area contributed by atoms with Gasteiger partial charge in [-0.1, -0.05) is 18.2 Å². The number of hydrogen-bond acceptors (Lipinski definition) is 3. The molecule has 1 fully saturated rings. The SMILES string of the molecule is COc1ccc2cc(C3COCCN3)ccc2c1. The van der Waals surface area contributed by atoms with Crippen molar-refractivity contribution >= 4 is 10.8 Å². The number of ether oxygens (including phenoxy) is 2. The molecule has 94 valence electrons. The van der Waals surface area contributed by atoms with Gasteiger partial charge in [0.15, 0.2) is 0 Å². The van der Waals surface area contributed by atoms with Gasteiger partial charge in [0.2, 0.25) is 0 Å². The first kappa shape index (κ1) is 11.5. The number of fused-ring (bicyclic) bond motifs is 1. The molecule has 1 saturated heterocycles. The molecule has 1 heterocycles. The van der Waals surface area contributed by atoms with Gasteiger partial charge in [-0.2, -0.15) is 0 Å². The van der Waals surface area contributed by atoms with Gasteiger partial charge in [0.1, 0.15) is 5.75 Å². The second-order valence-corrected chi connectivity index (χ2v) is 4.55. The van der Waals surface area contributed by atoms with E-state index in [0.717, 1.165) is 25.5 Å². The highest BCUT2D eigenvalue weighted by Gasteiger charge is 2.15. The van der Waals surface area contributed by atoms with E-state index >= 15 is 0 Å². The molecule has 0 bridgehead atoms. The maximum atomic E-state index is 5.50. The molecule has 3 rings (SSSR count). The number of benzene rings is 2. The van der Waals surface area contributed by atoms with E-state index in [-0.39, 0.29) is 0 Å². The molecule has 2 aromatic carbocycles. The first-order valence-electron chi connectivity index (χ1n) is 6.25. The van der Waals surface area contributed by atoms with Gasteiger partial charge < -0.3 is 14.8 Å². The van der Waals surface area contributed by atoms with Gasteiger partial charge in [-0.15, -0.1) is 0 Å². The summed E-state index contributed by atoms with van der Waals surface area (Å²) in [7, 11) is 1.69. The zero-order chi connectivity index (χ0) is 12.4. The lowest BCUT2D eigenvalue weighted by Gasteiger charge is -2.24. The maximum Gasteiger partial charge on any atom is 0.119 e. The second-order valence-electron chi connectivity index (χ2n) is 4.55. The highest BCUT2D eigenvalue weighted by molar-refractivity contribution is 5.84. The minimum absolute atomic E-state index is 0.310. The number of nitrogens with one attached hydrogen (secondary N) is 1. The van der Waals surface area contributed by atoms with Crippen LogP contribution in [0.15, 0.2) is 36.4 Å². The van der Waals surface area contributed by atoms with E-state index in [1.165, 1.54) is 16.3 Å². The number of morpholine rings is 1. The van der Waals surface area contributed by atoms with Gasteiger partial charge in [-0.3, -0.25) is 0 Å². The third kappa shape index (κ3) is 2.19. The average molecular weight is 243 g/mol. The summed E-state index contributed by atoms with van der Waals surface area (Å²) in [6, 6.07) is 13.0. The van der Waals surface area contributed by atoms with Gasteiger partial charge in [-0.25, -0.2) is 0 Å². The van der Waals surface area contributed by atoms with Crippen LogP contribution in [-0.2, 0) is 4.74 Å². The summed E-state index contributed by atoms with van der Waals surface area (Å²) in [5, 5.41) is 5.91. The van der Waals surface area contributed by atoms with Crippen LogP contribution in [0.3, 0.4) is 0 Å². The third-order valence-corrected chi connectivity index (χ3v) is 3.40. The van der Waals surface area contributed by atoms with E-state index in [1.54, 1.807) is 7.11 Å². The maximum absolute atomic E-state index is 5.50. The molecule has 0 saturated carbocycles. The summed E-state index contributed by atoms with van der Waals surface area (Å²) in [5.74, 6) is 0.898. The van der Waals surface area contributed by atoms with E-state index in [0.29, 0.717) is 6.04 Å². The van der Waals surface area contributed by atoms with Gasteiger partial charge in [0, 0.05) is 6.54 Å². The van der Waals surface area contributed by atoms with Crippen molar-refractivity contribution < 1.29 is 9.47 Å². The van der Waals surface area contributed by atoms with E-state index in [9.17, 15) is 0 Å². The molecular formula is C15H17NO2. The van der Waals surface area contributed by atoms with Crippen molar-refractivity contribution in [1.29, 1.82) is 0 Å². The summed E-state index contributed by atoms with van der Waals surface area (Å²) in [6.45, 7) is 2.48.